The van der Waals surface area contributed by atoms with Crippen LogP contribution in [0.4, 0.5) is 0 Å². The third-order valence-corrected chi connectivity index (χ3v) is 2.63. The van der Waals surface area contributed by atoms with E-state index in [2.05, 4.69) is 4.74 Å². The molecule has 0 bridgehead atoms. The molecule has 8 nitrogen and oxygen atoms in total. The van der Waals surface area contributed by atoms with Gasteiger partial charge in [-0.15, -0.1) is 0 Å². The number of carbonyl (C=O) groups is 3. The van der Waals surface area contributed by atoms with E-state index in [-0.39, 0.29) is 43.5 Å². The summed E-state index contributed by atoms with van der Waals surface area (Å²) in [6.45, 7) is 3.18. The maximum absolute atomic E-state index is 11.7. The monoisotopic (exact) mass is 340 g/mol. The molecule has 0 atom stereocenters. The first-order valence-corrected chi connectivity index (χ1v) is 7.30. The smallest absolute Gasteiger partial charge is 0.344 e. The Bertz CT molecular complexity index is 541. The molecule has 1 aromatic rings. The molecule has 1 rings (SSSR count). The van der Waals surface area contributed by atoms with Crippen molar-refractivity contribution in [3.63, 3.8) is 0 Å². The van der Waals surface area contributed by atoms with Crippen LogP contribution in [-0.4, -0.2) is 51.4 Å². The van der Waals surface area contributed by atoms with Crippen molar-refractivity contribution >= 4 is 17.9 Å². The van der Waals surface area contributed by atoms with Gasteiger partial charge in [-0.25, -0.2) is 14.4 Å². The van der Waals surface area contributed by atoms with Crippen molar-refractivity contribution < 1.29 is 38.1 Å². The second-order valence-corrected chi connectivity index (χ2v) is 4.37. The summed E-state index contributed by atoms with van der Waals surface area (Å²) in [4.78, 5) is 34.3. The zero-order valence-corrected chi connectivity index (χ0v) is 13.8. The zero-order valence-electron chi connectivity index (χ0n) is 13.8. The van der Waals surface area contributed by atoms with E-state index in [0.29, 0.717) is 0 Å². The first kappa shape index (κ1) is 19.3. The molecule has 132 valence electrons. The van der Waals surface area contributed by atoms with Crippen LogP contribution in [0, 0.1) is 0 Å². The summed E-state index contributed by atoms with van der Waals surface area (Å²) in [5.74, 6) is -1.31. The highest BCUT2D eigenvalue weighted by Gasteiger charge is 2.13. The van der Waals surface area contributed by atoms with Gasteiger partial charge in [0.15, 0.2) is 13.2 Å². The molecule has 0 aliphatic carbocycles. The molecule has 0 N–H and O–H groups in total. The van der Waals surface area contributed by atoms with Crippen LogP contribution in [0.1, 0.15) is 24.2 Å². The van der Waals surface area contributed by atoms with Gasteiger partial charge >= 0.3 is 17.9 Å². The second-order valence-electron chi connectivity index (χ2n) is 4.37. The van der Waals surface area contributed by atoms with Crippen LogP contribution in [-0.2, 0) is 23.8 Å². The minimum Gasteiger partial charge on any atom is -0.482 e. The van der Waals surface area contributed by atoms with Gasteiger partial charge < -0.3 is 23.7 Å². The number of esters is 3. The van der Waals surface area contributed by atoms with Crippen LogP contribution >= 0.6 is 0 Å². The standard InChI is InChI=1S/C16H20O8/c1-4-21-14(17)9-23-12-6-11(16(19)20-3)7-13(8-12)24-10-15(18)22-5-2/h6-8H,4-5,9-10H2,1-3H3. The lowest BCUT2D eigenvalue weighted by molar-refractivity contribution is -0.146. The van der Waals surface area contributed by atoms with E-state index in [0.717, 1.165) is 0 Å². The Hall–Kier alpha value is -2.77. The fraction of sp³-hybridized carbons (Fsp3) is 0.438. The predicted octanol–water partition coefficient (Wildman–Crippen LogP) is 1.36. The highest BCUT2D eigenvalue weighted by atomic mass is 16.6. The summed E-state index contributed by atoms with van der Waals surface area (Å²) in [7, 11) is 1.23. The van der Waals surface area contributed by atoms with Crippen molar-refractivity contribution in [2.75, 3.05) is 33.5 Å². The molecule has 0 fully saturated rings. The van der Waals surface area contributed by atoms with Gasteiger partial charge in [0, 0.05) is 6.07 Å². The maximum atomic E-state index is 11.7. The number of hydrogen-bond acceptors (Lipinski definition) is 8. The van der Waals surface area contributed by atoms with Gasteiger partial charge in [0.1, 0.15) is 11.5 Å². The van der Waals surface area contributed by atoms with Gasteiger partial charge in [-0.2, -0.15) is 0 Å². The fourth-order valence-electron chi connectivity index (χ4n) is 1.66. The van der Waals surface area contributed by atoms with Gasteiger partial charge in [-0.05, 0) is 26.0 Å². The largest absolute Gasteiger partial charge is 0.482 e. The third-order valence-electron chi connectivity index (χ3n) is 2.63. The molecule has 0 spiro atoms. The minimum absolute atomic E-state index is 0.151. The highest BCUT2D eigenvalue weighted by Crippen LogP contribution is 2.23. The number of carbonyl (C=O) groups excluding carboxylic acids is 3. The van der Waals surface area contributed by atoms with Gasteiger partial charge in [0.05, 0.1) is 25.9 Å². The first-order chi connectivity index (χ1) is 11.5. The summed E-state index contributed by atoms with van der Waals surface area (Å²) in [5, 5.41) is 0. The van der Waals surface area contributed by atoms with E-state index in [1.807, 2.05) is 0 Å². The highest BCUT2D eigenvalue weighted by molar-refractivity contribution is 5.90. The van der Waals surface area contributed by atoms with Crippen LogP contribution in [0.3, 0.4) is 0 Å². The van der Waals surface area contributed by atoms with Crippen molar-refractivity contribution in [2.45, 2.75) is 13.8 Å². The SMILES string of the molecule is CCOC(=O)COc1cc(OCC(=O)OCC)cc(C(=O)OC)c1. The molecule has 24 heavy (non-hydrogen) atoms. The molecule has 0 aromatic heterocycles. The second kappa shape index (κ2) is 10.1. The molecule has 0 aliphatic rings. The molecule has 0 unspecified atom stereocenters. The van der Waals surface area contributed by atoms with Crippen LogP contribution < -0.4 is 9.47 Å². The van der Waals surface area contributed by atoms with Crippen molar-refractivity contribution in [1.29, 1.82) is 0 Å². The molecular weight excluding hydrogens is 320 g/mol. The molecule has 0 amide bonds. The molecule has 1 aromatic carbocycles. The lowest BCUT2D eigenvalue weighted by Gasteiger charge is -2.11. The van der Waals surface area contributed by atoms with E-state index in [4.69, 9.17) is 18.9 Å². The Balaban J connectivity index is 2.85. The predicted molar refractivity (Wildman–Crippen MR) is 82.0 cm³/mol. The Morgan fingerprint density at radius 2 is 1.29 bits per heavy atom. The summed E-state index contributed by atoms with van der Waals surface area (Å²) in [6, 6.07) is 4.22. The van der Waals surface area contributed by atoms with Gasteiger partial charge in [-0.3, -0.25) is 0 Å². The maximum Gasteiger partial charge on any atom is 0.344 e. The van der Waals surface area contributed by atoms with E-state index < -0.39 is 17.9 Å². The molecule has 8 heteroatoms. The lowest BCUT2D eigenvalue weighted by atomic mass is 10.2. The molecule has 0 heterocycles. The van der Waals surface area contributed by atoms with Gasteiger partial charge in [0.2, 0.25) is 0 Å². The number of hydrogen-bond donors (Lipinski definition) is 0. The first-order valence-electron chi connectivity index (χ1n) is 7.30. The Kier molecular flexibility index (Phi) is 8.10. The lowest BCUT2D eigenvalue weighted by Crippen LogP contribution is -2.16. The van der Waals surface area contributed by atoms with E-state index in [1.165, 1.54) is 25.3 Å². The van der Waals surface area contributed by atoms with Crippen molar-refractivity contribution in [1.82, 2.24) is 0 Å². The number of methoxy groups -OCH3 is 1. The zero-order chi connectivity index (χ0) is 17.9. The van der Waals surface area contributed by atoms with E-state index in [1.54, 1.807) is 13.8 Å². The third kappa shape index (κ3) is 6.55. The van der Waals surface area contributed by atoms with Crippen LogP contribution in [0.2, 0.25) is 0 Å². The number of benzene rings is 1. The normalized spacial score (nSPS) is 9.79. The van der Waals surface area contributed by atoms with Crippen molar-refractivity contribution in [3.05, 3.63) is 23.8 Å². The minimum atomic E-state index is -0.613. The Morgan fingerprint density at radius 3 is 1.67 bits per heavy atom. The van der Waals surface area contributed by atoms with Gasteiger partial charge in [0.25, 0.3) is 0 Å². The number of ether oxygens (including phenoxy) is 5. The van der Waals surface area contributed by atoms with Gasteiger partial charge in [-0.1, -0.05) is 0 Å². The average Bonchev–Trinajstić information content (AvgIpc) is 2.58. The van der Waals surface area contributed by atoms with Crippen LogP contribution in [0.5, 0.6) is 11.5 Å². The molecule has 0 saturated heterocycles. The van der Waals surface area contributed by atoms with E-state index >= 15 is 0 Å². The van der Waals surface area contributed by atoms with Crippen LogP contribution in [0.25, 0.3) is 0 Å². The van der Waals surface area contributed by atoms with E-state index in [9.17, 15) is 14.4 Å². The summed E-state index contributed by atoms with van der Waals surface area (Å²) in [5.41, 5.74) is 0.151. The quantitative estimate of drug-likeness (QED) is 0.491. The fourth-order valence-corrected chi connectivity index (χ4v) is 1.66. The molecule has 0 saturated carbocycles. The summed E-state index contributed by atoms with van der Waals surface area (Å²) >= 11 is 0. The van der Waals surface area contributed by atoms with Crippen molar-refractivity contribution in [2.24, 2.45) is 0 Å². The topological polar surface area (TPSA) is 97.4 Å². The summed E-state index contributed by atoms with van der Waals surface area (Å²) in [6.07, 6.45) is 0. The molecule has 0 radical (unpaired) electrons. The number of rotatable bonds is 9. The average molecular weight is 340 g/mol. The van der Waals surface area contributed by atoms with Crippen LogP contribution in [0.15, 0.2) is 18.2 Å². The Morgan fingerprint density at radius 1 is 0.833 bits per heavy atom. The Labute approximate surface area is 139 Å². The summed E-state index contributed by atoms with van der Waals surface area (Å²) < 4.78 is 24.7. The van der Waals surface area contributed by atoms with Crippen molar-refractivity contribution in [3.8, 4) is 11.5 Å². The molecular formula is C16H20O8. The molecule has 0 aliphatic heterocycles.